The van der Waals surface area contributed by atoms with E-state index >= 15 is 0 Å². The summed E-state index contributed by atoms with van der Waals surface area (Å²) in [4.78, 5) is 12.5. The van der Waals surface area contributed by atoms with Gasteiger partial charge in [0.2, 0.25) is 15.9 Å². The Morgan fingerprint density at radius 1 is 1.26 bits per heavy atom. The summed E-state index contributed by atoms with van der Waals surface area (Å²) in [5.74, 6) is 0.332. The van der Waals surface area contributed by atoms with Crippen LogP contribution < -0.4 is 11.1 Å². The quantitative estimate of drug-likeness (QED) is 0.806. The standard InChI is InChI=1S/C16H25N3O3S/c1-19(2)23(21,22)14-8-6-12(7-9-14)11-18-16(20)15-5-3-4-13(15)10-17/h6-9,13,15H,3-5,10-11,17H2,1-2H3,(H,18,20)/t13-,15-/m1/s1. The van der Waals surface area contributed by atoms with Gasteiger partial charge in [0.25, 0.3) is 0 Å². The average molecular weight is 339 g/mol. The van der Waals surface area contributed by atoms with E-state index in [0.717, 1.165) is 24.8 Å². The lowest BCUT2D eigenvalue weighted by Gasteiger charge is -2.17. The highest BCUT2D eigenvalue weighted by molar-refractivity contribution is 7.89. The molecule has 0 heterocycles. The van der Waals surface area contributed by atoms with Gasteiger partial charge in [-0.2, -0.15) is 0 Å². The summed E-state index contributed by atoms with van der Waals surface area (Å²) in [5, 5.41) is 2.93. The van der Waals surface area contributed by atoms with E-state index < -0.39 is 10.0 Å². The van der Waals surface area contributed by atoms with Crippen LogP contribution in [0, 0.1) is 11.8 Å². The Bertz CT molecular complexity index is 641. The molecular formula is C16H25N3O3S. The highest BCUT2D eigenvalue weighted by Gasteiger charge is 2.31. The predicted molar refractivity (Wildman–Crippen MR) is 89.0 cm³/mol. The van der Waals surface area contributed by atoms with Crippen LogP contribution in [0.3, 0.4) is 0 Å². The maximum Gasteiger partial charge on any atom is 0.242 e. The Labute approximate surface area is 138 Å². The third kappa shape index (κ3) is 4.10. The fraction of sp³-hybridized carbons (Fsp3) is 0.562. The molecule has 1 aromatic rings. The van der Waals surface area contributed by atoms with Crippen molar-refractivity contribution in [2.45, 2.75) is 30.7 Å². The smallest absolute Gasteiger partial charge is 0.242 e. The number of sulfonamides is 1. The molecule has 2 rings (SSSR count). The van der Waals surface area contributed by atoms with Gasteiger partial charge < -0.3 is 11.1 Å². The molecule has 3 N–H and O–H groups in total. The Morgan fingerprint density at radius 2 is 1.91 bits per heavy atom. The van der Waals surface area contributed by atoms with E-state index in [-0.39, 0.29) is 22.6 Å². The maximum atomic E-state index is 12.2. The van der Waals surface area contributed by atoms with Crippen LogP contribution in [0.25, 0.3) is 0 Å². The number of hydrogen-bond acceptors (Lipinski definition) is 4. The summed E-state index contributed by atoms with van der Waals surface area (Å²) in [6, 6.07) is 6.58. The fourth-order valence-corrected chi connectivity index (χ4v) is 3.88. The lowest BCUT2D eigenvalue weighted by Crippen LogP contribution is -2.34. The molecule has 0 saturated heterocycles. The van der Waals surface area contributed by atoms with Crippen molar-refractivity contribution in [3.63, 3.8) is 0 Å². The summed E-state index contributed by atoms with van der Waals surface area (Å²) in [6.45, 7) is 0.949. The first-order valence-corrected chi connectivity index (χ1v) is 9.29. The van der Waals surface area contributed by atoms with E-state index in [4.69, 9.17) is 5.73 Å². The first kappa shape index (κ1) is 17.9. The highest BCUT2D eigenvalue weighted by Crippen LogP contribution is 2.31. The Morgan fingerprint density at radius 3 is 2.48 bits per heavy atom. The Kier molecular flexibility index (Phi) is 5.78. The fourth-order valence-electron chi connectivity index (χ4n) is 2.97. The van der Waals surface area contributed by atoms with Crippen molar-refractivity contribution >= 4 is 15.9 Å². The number of amides is 1. The molecule has 0 spiro atoms. The topological polar surface area (TPSA) is 92.5 Å². The van der Waals surface area contributed by atoms with Crippen LogP contribution in [0.2, 0.25) is 0 Å². The lowest BCUT2D eigenvalue weighted by molar-refractivity contribution is -0.126. The summed E-state index contributed by atoms with van der Waals surface area (Å²) < 4.78 is 25.2. The second-order valence-corrected chi connectivity index (χ2v) is 8.33. The molecule has 1 aliphatic rings. The molecule has 6 nitrogen and oxygen atoms in total. The molecule has 2 atom stereocenters. The summed E-state index contributed by atoms with van der Waals surface area (Å²) in [5.41, 5.74) is 6.58. The zero-order valence-electron chi connectivity index (χ0n) is 13.7. The van der Waals surface area contributed by atoms with Gasteiger partial charge >= 0.3 is 0 Å². The number of nitrogens with two attached hydrogens (primary N) is 1. The molecule has 0 unspecified atom stereocenters. The normalized spacial score (nSPS) is 21.6. The average Bonchev–Trinajstić information content (AvgIpc) is 3.01. The van der Waals surface area contributed by atoms with Gasteiger partial charge in [-0.05, 0) is 43.0 Å². The van der Waals surface area contributed by atoms with E-state index in [0.29, 0.717) is 13.1 Å². The minimum Gasteiger partial charge on any atom is -0.352 e. The molecule has 1 fully saturated rings. The van der Waals surface area contributed by atoms with Gasteiger partial charge in [0.15, 0.2) is 0 Å². The summed E-state index contributed by atoms with van der Waals surface area (Å²) >= 11 is 0. The van der Waals surface area contributed by atoms with Gasteiger partial charge in [0.1, 0.15) is 0 Å². The Balaban J connectivity index is 1.95. The highest BCUT2D eigenvalue weighted by atomic mass is 32.2. The number of nitrogens with one attached hydrogen (secondary N) is 1. The van der Waals surface area contributed by atoms with Crippen LogP contribution in [0.15, 0.2) is 29.2 Å². The van der Waals surface area contributed by atoms with E-state index in [2.05, 4.69) is 5.32 Å². The second kappa shape index (κ2) is 7.42. The molecule has 23 heavy (non-hydrogen) atoms. The number of rotatable bonds is 6. The van der Waals surface area contributed by atoms with Crippen molar-refractivity contribution in [2.24, 2.45) is 17.6 Å². The second-order valence-electron chi connectivity index (χ2n) is 6.18. The minimum atomic E-state index is -3.42. The van der Waals surface area contributed by atoms with Crippen molar-refractivity contribution in [1.82, 2.24) is 9.62 Å². The van der Waals surface area contributed by atoms with Crippen molar-refractivity contribution in [3.8, 4) is 0 Å². The molecule has 7 heteroatoms. The molecule has 0 aromatic heterocycles. The van der Waals surface area contributed by atoms with Gasteiger partial charge in [-0.15, -0.1) is 0 Å². The number of benzene rings is 1. The van der Waals surface area contributed by atoms with Crippen LogP contribution in [0.1, 0.15) is 24.8 Å². The van der Waals surface area contributed by atoms with Crippen LogP contribution in [0.4, 0.5) is 0 Å². The van der Waals surface area contributed by atoms with Gasteiger partial charge in [-0.3, -0.25) is 4.79 Å². The van der Waals surface area contributed by atoms with Crippen LogP contribution >= 0.6 is 0 Å². The van der Waals surface area contributed by atoms with Gasteiger partial charge in [0.05, 0.1) is 4.90 Å². The molecule has 1 aromatic carbocycles. The van der Waals surface area contributed by atoms with Crippen molar-refractivity contribution in [1.29, 1.82) is 0 Å². The third-order valence-corrected chi connectivity index (χ3v) is 6.30. The van der Waals surface area contributed by atoms with Crippen LogP contribution in [0.5, 0.6) is 0 Å². The summed E-state index contributed by atoms with van der Waals surface area (Å²) in [7, 11) is -0.419. The predicted octanol–water partition coefficient (Wildman–Crippen LogP) is 0.928. The summed E-state index contributed by atoms with van der Waals surface area (Å²) in [6.07, 6.45) is 2.97. The number of carbonyl (C=O) groups is 1. The number of carbonyl (C=O) groups excluding carboxylic acids is 1. The molecule has 1 saturated carbocycles. The van der Waals surface area contributed by atoms with E-state index in [1.165, 1.54) is 18.4 Å². The maximum absolute atomic E-state index is 12.2. The monoisotopic (exact) mass is 339 g/mol. The number of hydrogen-bond donors (Lipinski definition) is 2. The van der Waals surface area contributed by atoms with Crippen molar-refractivity contribution in [2.75, 3.05) is 20.6 Å². The number of nitrogens with zero attached hydrogens (tertiary/aromatic N) is 1. The van der Waals surface area contributed by atoms with Crippen molar-refractivity contribution < 1.29 is 13.2 Å². The molecule has 128 valence electrons. The molecule has 1 amide bonds. The largest absolute Gasteiger partial charge is 0.352 e. The van der Waals surface area contributed by atoms with E-state index in [9.17, 15) is 13.2 Å². The van der Waals surface area contributed by atoms with E-state index in [1.54, 1.807) is 24.3 Å². The lowest BCUT2D eigenvalue weighted by atomic mass is 9.95. The molecule has 0 radical (unpaired) electrons. The van der Waals surface area contributed by atoms with Crippen molar-refractivity contribution in [3.05, 3.63) is 29.8 Å². The van der Waals surface area contributed by atoms with Gasteiger partial charge in [-0.25, -0.2) is 12.7 Å². The first-order valence-electron chi connectivity index (χ1n) is 7.85. The molecule has 1 aliphatic carbocycles. The molecule has 0 aliphatic heterocycles. The molecule has 0 bridgehead atoms. The minimum absolute atomic E-state index is 0.00777. The SMILES string of the molecule is CN(C)S(=O)(=O)c1ccc(CNC(=O)[C@@H]2CCC[C@@H]2CN)cc1. The Hall–Kier alpha value is -1.44. The van der Waals surface area contributed by atoms with Gasteiger partial charge in [-0.1, -0.05) is 18.6 Å². The third-order valence-electron chi connectivity index (χ3n) is 4.47. The zero-order chi connectivity index (χ0) is 17.0. The van der Waals surface area contributed by atoms with Crippen LogP contribution in [-0.2, 0) is 21.4 Å². The van der Waals surface area contributed by atoms with Crippen LogP contribution in [-0.4, -0.2) is 39.3 Å². The molecular weight excluding hydrogens is 314 g/mol. The van der Waals surface area contributed by atoms with Gasteiger partial charge in [0, 0.05) is 26.6 Å². The van der Waals surface area contributed by atoms with E-state index in [1.807, 2.05) is 0 Å². The zero-order valence-corrected chi connectivity index (χ0v) is 14.5. The first-order chi connectivity index (χ1) is 10.9.